The molecule has 4 rings (SSSR count). The molecule has 10 heteroatoms. The van der Waals surface area contributed by atoms with Crippen LogP contribution in [0.1, 0.15) is 53.9 Å². The summed E-state index contributed by atoms with van der Waals surface area (Å²) in [5.74, 6) is -3.82. The Morgan fingerprint density at radius 3 is 2.63 bits per heavy atom. The Kier molecular flexibility index (Phi) is 4.37. The minimum absolute atomic E-state index is 0.0955. The molecular formula is C17H16F4N4O2. The molecule has 2 heterocycles. The van der Waals surface area contributed by atoms with Gasteiger partial charge in [0.05, 0.1) is 6.54 Å². The van der Waals surface area contributed by atoms with Gasteiger partial charge in [-0.05, 0) is 30.5 Å². The zero-order valence-electron chi connectivity index (χ0n) is 14.1. The first kappa shape index (κ1) is 17.9. The molecule has 0 saturated heterocycles. The maximum absolute atomic E-state index is 13.3. The summed E-state index contributed by atoms with van der Waals surface area (Å²) in [7, 11) is 0. The predicted octanol–water partition coefficient (Wildman–Crippen LogP) is 3.71. The summed E-state index contributed by atoms with van der Waals surface area (Å²) < 4.78 is 56.6. The van der Waals surface area contributed by atoms with Crippen molar-refractivity contribution in [3.05, 3.63) is 35.2 Å². The highest BCUT2D eigenvalue weighted by molar-refractivity contribution is 5.99. The number of amides is 1. The molecule has 144 valence electrons. The smallest absolute Gasteiger partial charge is 0.314 e. The van der Waals surface area contributed by atoms with Gasteiger partial charge in [0.25, 0.3) is 11.8 Å². The van der Waals surface area contributed by atoms with Gasteiger partial charge in [0.1, 0.15) is 0 Å². The number of carbonyl (C=O) groups is 1. The minimum atomic E-state index is -2.87. The lowest BCUT2D eigenvalue weighted by Crippen LogP contribution is -2.47. The van der Waals surface area contributed by atoms with E-state index in [4.69, 9.17) is 4.42 Å². The summed E-state index contributed by atoms with van der Waals surface area (Å²) in [6.07, 6.45) is -2.70. The fourth-order valence-electron chi connectivity index (χ4n) is 3.37. The molecule has 1 aromatic heterocycles. The first-order valence-electron chi connectivity index (χ1n) is 8.53. The molecule has 0 radical (unpaired) electrons. The standard InChI is InChI=1S/C17H16F4N4O2/c18-13(19)15-23-22-14(27-15)9-1-2-10-8-25(16(26)12(10)7-9)24-11-3-5-17(20,21)6-4-11/h1-2,7,11,13,24H,3-6,8H2. The molecule has 0 atom stereocenters. The highest BCUT2D eigenvalue weighted by atomic mass is 19.3. The average molecular weight is 384 g/mol. The molecule has 0 bridgehead atoms. The third kappa shape index (κ3) is 3.53. The topological polar surface area (TPSA) is 71.3 Å². The average Bonchev–Trinajstić information content (AvgIpc) is 3.23. The molecule has 0 spiro atoms. The van der Waals surface area contributed by atoms with Crippen LogP contribution in [-0.4, -0.2) is 33.1 Å². The Morgan fingerprint density at radius 2 is 1.96 bits per heavy atom. The van der Waals surface area contributed by atoms with E-state index in [1.54, 1.807) is 12.1 Å². The van der Waals surface area contributed by atoms with Crippen LogP contribution in [0, 0.1) is 0 Å². The number of alkyl halides is 4. The van der Waals surface area contributed by atoms with Gasteiger partial charge in [-0.25, -0.2) is 14.2 Å². The molecule has 1 aliphatic heterocycles. The molecule has 2 aromatic rings. The lowest BCUT2D eigenvalue weighted by atomic mass is 9.93. The largest absolute Gasteiger partial charge is 0.415 e. The first-order chi connectivity index (χ1) is 12.8. The van der Waals surface area contributed by atoms with Crippen LogP contribution in [0.15, 0.2) is 22.6 Å². The van der Waals surface area contributed by atoms with Gasteiger partial charge in [0.15, 0.2) is 0 Å². The van der Waals surface area contributed by atoms with Crippen molar-refractivity contribution in [1.29, 1.82) is 0 Å². The van der Waals surface area contributed by atoms with E-state index in [2.05, 4.69) is 15.6 Å². The van der Waals surface area contributed by atoms with Crippen LogP contribution < -0.4 is 5.43 Å². The summed E-state index contributed by atoms with van der Waals surface area (Å²) in [5, 5.41) is 8.25. The van der Waals surface area contributed by atoms with E-state index in [-0.39, 0.29) is 43.5 Å². The lowest BCUT2D eigenvalue weighted by molar-refractivity contribution is -0.0458. The lowest BCUT2D eigenvalue weighted by Gasteiger charge is -2.31. The fraction of sp³-hybridized carbons (Fsp3) is 0.471. The minimum Gasteiger partial charge on any atom is -0.415 e. The Hall–Kier alpha value is -2.49. The van der Waals surface area contributed by atoms with E-state index in [1.807, 2.05) is 0 Å². The van der Waals surface area contributed by atoms with Crippen LogP contribution in [0.4, 0.5) is 17.6 Å². The SMILES string of the molecule is O=C1c2cc(-c3nnc(C(F)F)o3)ccc2CN1NC1CCC(F)(F)CC1. The summed E-state index contributed by atoms with van der Waals surface area (Å²) in [6.45, 7) is 0.299. The van der Waals surface area contributed by atoms with E-state index < -0.39 is 18.2 Å². The van der Waals surface area contributed by atoms with Crippen LogP contribution >= 0.6 is 0 Å². The summed E-state index contributed by atoms with van der Waals surface area (Å²) in [6, 6.07) is 4.62. The van der Waals surface area contributed by atoms with Gasteiger partial charge in [-0.2, -0.15) is 8.78 Å². The number of hydrazine groups is 1. The number of hydrogen-bond donors (Lipinski definition) is 1. The van der Waals surface area contributed by atoms with Crippen molar-refractivity contribution in [1.82, 2.24) is 20.6 Å². The number of carbonyl (C=O) groups excluding carboxylic acids is 1. The van der Waals surface area contributed by atoms with E-state index >= 15 is 0 Å². The molecule has 1 amide bonds. The summed E-state index contributed by atoms with van der Waals surface area (Å²) in [5.41, 5.74) is 4.52. The van der Waals surface area contributed by atoms with E-state index in [9.17, 15) is 22.4 Å². The van der Waals surface area contributed by atoms with Crippen LogP contribution in [0.5, 0.6) is 0 Å². The van der Waals surface area contributed by atoms with Gasteiger partial charge >= 0.3 is 6.43 Å². The maximum Gasteiger partial charge on any atom is 0.314 e. The number of fused-ring (bicyclic) bond motifs is 1. The molecule has 1 saturated carbocycles. The maximum atomic E-state index is 13.3. The molecule has 27 heavy (non-hydrogen) atoms. The second-order valence-electron chi connectivity index (χ2n) is 6.77. The van der Waals surface area contributed by atoms with E-state index in [0.29, 0.717) is 17.7 Å². The third-order valence-electron chi connectivity index (χ3n) is 4.84. The van der Waals surface area contributed by atoms with Gasteiger partial charge in [0, 0.05) is 30.0 Å². The van der Waals surface area contributed by atoms with Crippen molar-refractivity contribution in [2.75, 3.05) is 0 Å². The second kappa shape index (κ2) is 6.59. The molecule has 6 nitrogen and oxygen atoms in total. The summed E-state index contributed by atoms with van der Waals surface area (Å²) in [4.78, 5) is 12.6. The summed E-state index contributed by atoms with van der Waals surface area (Å²) >= 11 is 0. The molecular weight excluding hydrogens is 368 g/mol. The Labute approximate surface area is 151 Å². The van der Waals surface area contributed by atoms with Crippen molar-refractivity contribution < 1.29 is 26.8 Å². The molecule has 2 aliphatic rings. The molecule has 1 fully saturated rings. The number of halogens is 4. The Morgan fingerprint density at radius 1 is 1.22 bits per heavy atom. The van der Waals surface area contributed by atoms with Crippen LogP contribution in [0.3, 0.4) is 0 Å². The van der Waals surface area contributed by atoms with Crippen molar-refractivity contribution in [2.24, 2.45) is 0 Å². The Balaban J connectivity index is 1.48. The van der Waals surface area contributed by atoms with Gasteiger partial charge in [0.2, 0.25) is 11.8 Å². The van der Waals surface area contributed by atoms with Crippen LogP contribution in [0.25, 0.3) is 11.5 Å². The molecule has 1 N–H and O–H groups in total. The highest BCUT2D eigenvalue weighted by Gasteiger charge is 2.37. The highest BCUT2D eigenvalue weighted by Crippen LogP contribution is 2.34. The quantitative estimate of drug-likeness (QED) is 0.814. The van der Waals surface area contributed by atoms with Crippen molar-refractivity contribution in [3.63, 3.8) is 0 Å². The number of benzene rings is 1. The number of hydrogen-bond acceptors (Lipinski definition) is 5. The number of nitrogens with one attached hydrogen (secondary N) is 1. The van der Waals surface area contributed by atoms with Crippen LogP contribution in [0.2, 0.25) is 0 Å². The molecule has 0 unspecified atom stereocenters. The normalized spacial score (nSPS) is 19.7. The zero-order chi connectivity index (χ0) is 19.2. The second-order valence-corrected chi connectivity index (χ2v) is 6.77. The Bertz CT molecular complexity index is 860. The molecule has 1 aliphatic carbocycles. The van der Waals surface area contributed by atoms with Crippen molar-refractivity contribution in [2.45, 2.75) is 50.6 Å². The fourth-order valence-corrected chi connectivity index (χ4v) is 3.37. The first-order valence-corrected chi connectivity index (χ1v) is 8.53. The number of aromatic nitrogens is 2. The van der Waals surface area contributed by atoms with Gasteiger partial charge in [-0.3, -0.25) is 9.80 Å². The van der Waals surface area contributed by atoms with E-state index in [0.717, 1.165) is 5.56 Å². The van der Waals surface area contributed by atoms with Gasteiger partial charge in [-0.1, -0.05) is 6.07 Å². The number of nitrogens with zero attached hydrogens (tertiary/aromatic N) is 3. The van der Waals surface area contributed by atoms with Gasteiger partial charge in [-0.15, -0.1) is 10.2 Å². The number of rotatable bonds is 4. The van der Waals surface area contributed by atoms with Crippen molar-refractivity contribution in [3.8, 4) is 11.5 Å². The third-order valence-corrected chi connectivity index (χ3v) is 4.84. The van der Waals surface area contributed by atoms with E-state index in [1.165, 1.54) is 11.1 Å². The zero-order valence-corrected chi connectivity index (χ0v) is 14.1. The molecule has 1 aromatic carbocycles. The predicted molar refractivity (Wildman–Crippen MR) is 84.9 cm³/mol. The van der Waals surface area contributed by atoms with Crippen LogP contribution in [-0.2, 0) is 6.54 Å². The van der Waals surface area contributed by atoms with Crippen molar-refractivity contribution >= 4 is 5.91 Å². The van der Waals surface area contributed by atoms with Gasteiger partial charge < -0.3 is 4.42 Å². The monoisotopic (exact) mass is 384 g/mol.